The highest BCUT2D eigenvalue weighted by Gasteiger charge is 2.34. The van der Waals surface area contributed by atoms with E-state index in [0.717, 1.165) is 36.9 Å². The van der Waals surface area contributed by atoms with Gasteiger partial charge in [-0.1, -0.05) is 13.0 Å². The van der Waals surface area contributed by atoms with Gasteiger partial charge in [0.25, 0.3) is 0 Å². The lowest BCUT2D eigenvalue weighted by atomic mass is 10.0. The lowest BCUT2D eigenvalue weighted by Crippen LogP contribution is -2.43. The number of nitrogens with zero attached hydrogens (tertiary/aromatic N) is 2. The highest BCUT2D eigenvalue weighted by molar-refractivity contribution is 5.38. The van der Waals surface area contributed by atoms with Gasteiger partial charge in [-0.05, 0) is 37.3 Å². The molecule has 1 aromatic rings. The second-order valence-corrected chi connectivity index (χ2v) is 5.44. The fourth-order valence-electron chi connectivity index (χ4n) is 2.67. The predicted molar refractivity (Wildman–Crippen MR) is 70.2 cm³/mol. The Morgan fingerprint density at radius 3 is 2.65 bits per heavy atom. The molecule has 0 bridgehead atoms. The van der Waals surface area contributed by atoms with Gasteiger partial charge in [0.15, 0.2) is 0 Å². The largest absolute Gasteiger partial charge is 0.357 e. The van der Waals surface area contributed by atoms with Gasteiger partial charge in [-0.25, -0.2) is 4.98 Å². The van der Waals surface area contributed by atoms with E-state index in [0.29, 0.717) is 0 Å². The molecular weight excluding hydrogens is 210 g/mol. The molecule has 0 aromatic carbocycles. The van der Waals surface area contributed by atoms with Gasteiger partial charge in [-0.3, -0.25) is 0 Å². The van der Waals surface area contributed by atoms with Crippen molar-refractivity contribution in [3.8, 4) is 0 Å². The number of rotatable bonds is 3. The molecule has 1 saturated heterocycles. The summed E-state index contributed by atoms with van der Waals surface area (Å²) < 4.78 is 0. The third-order valence-corrected chi connectivity index (χ3v) is 4.03. The van der Waals surface area contributed by atoms with Crippen molar-refractivity contribution >= 4 is 5.82 Å². The van der Waals surface area contributed by atoms with Crippen LogP contribution in [0.25, 0.3) is 0 Å². The molecule has 0 unspecified atom stereocenters. The summed E-state index contributed by atoms with van der Waals surface area (Å²) in [6, 6.07) is 7.69. The molecular formula is C14H21N3. The van der Waals surface area contributed by atoms with Crippen molar-refractivity contribution in [2.75, 3.05) is 18.0 Å². The SMILES string of the molecule is C[C@H]1C[C@H]1NC1CCN(c2ccccn2)CC1. The van der Waals surface area contributed by atoms with Gasteiger partial charge in [-0.15, -0.1) is 0 Å². The van der Waals surface area contributed by atoms with Gasteiger partial charge in [0.05, 0.1) is 0 Å². The standard InChI is InChI=1S/C14H21N3/c1-11-10-13(11)16-12-5-8-17(9-6-12)14-4-2-3-7-15-14/h2-4,7,11-13,16H,5-6,8-10H2,1H3/t11-,13+/m0/s1. The second-order valence-electron chi connectivity index (χ2n) is 5.44. The Labute approximate surface area is 103 Å². The molecule has 3 nitrogen and oxygen atoms in total. The molecule has 92 valence electrons. The van der Waals surface area contributed by atoms with Crippen molar-refractivity contribution in [3.63, 3.8) is 0 Å². The van der Waals surface area contributed by atoms with Crippen molar-refractivity contribution in [2.45, 2.75) is 38.3 Å². The summed E-state index contributed by atoms with van der Waals surface area (Å²) in [5, 5.41) is 3.77. The van der Waals surface area contributed by atoms with Crippen LogP contribution in [0.2, 0.25) is 0 Å². The summed E-state index contributed by atoms with van der Waals surface area (Å²) in [6.45, 7) is 4.60. The molecule has 1 aliphatic carbocycles. The molecule has 1 N–H and O–H groups in total. The van der Waals surface area contributed by atoms with Crippen LogP contribution in [-0.4, -0.2) is 30.2 Å². The molecule has 2 heterocycles. The summed E-state index contributed by atoms with van der Waals surface area (Å²) in [6.07, 6.45) is 5.76. The molecule has 0 amide bonds. The average molecular weight is 231 g/mol. The zero-order chi connectivity index (χ0) is 11.7. The van der Waals surface area contributed by atoms with Crippen LogP contribution in [0.1, 0.15) is 26.2 Å². The van der Waals surface area contributed by atoms with Gasteiger partial charge in [-0.2, -0.15) is 0 Å². The summed E-state index contributed by atoms with van der Waals surface area (Å²) in [5.74, 6) is 2.04. The summed E-state index contributed by atoms with van der Waals surface area (Å²) >= 11 is 0. The van der Waals surface area contributed by atoms with Gasteiger partial charge < -0.3 is 10.2 Å². The van der Waals surface area contributed by atoms with Crippen LogP contribution < -0.4 is 10.2 Å². The first kappa shape index (κ1) is 11.0. The summed E-state index contributed by atoms with van der Waals surface area (Å²) in [7, 11) is 0. The number of hydrogen-bond donors (Lipinski definition) is 1. The van der Waals surface area contributed by atoms with E-state index >= 15 is 0 Å². The quantitative estimate of drug-likeness (QED) is 0.863. The predicted octanol–water partition coefficient (Wildman–Crippen LogP) is 2.05. The van der Waals surface area contributed by atoms with E-state index in [1.807, 2.05) is 12.3 Å². The van der Waals surface area contributed by atoms with Gasteiger partial charge in [0.1, 0.15) is 5.82 Å². The monoisotopic (exact) mass is 231 g/mol. The van der Waals surface area contributed by atoms with Gasteiger partial charge in [0.2, 0.25) is 0 Å². The van der Waals surface area contributed by atoms with Gasteiger partial charge in [0, 0.05) is 31.4 Å². The topological polar surface area (TPSA) is 28.2 Å². The van der Waals surface area contributed by atoms with Crippen molar-refractivity contribution in [2.24, 2.45) is 5.92 Å². The van der Waals surface area contributed by atoms with E-state index in [1.54, 1.807) is 0 Å². The molecule has 1 aliphatic heterocycles. The lowest BCUT2D eigenvalue weighted by molar-refractivity contribution is 0.405. The number of hydrogen-bond acceptors (Lipinski definition) is 3. The smallest absolute Gasteiger partial charge is 0.128 e. The fourth-order valence-corrected chi connectivity index (χ4v) is 2.67. The van der Waals surface area contributed by atoms with Crippen LogP contribution in [0, 0.1) is 5.92 Å². The normalized spacial score (nSPS) is 29.4. The van der Waals surface area contributed by atoms with Crippen LogP contribution in [0.4, 0.5) is 5.82 Å². The van der Waals surface area contributed by atoms with Crippen LogP contribution >= 0.6 is 0 Å². The molecule has 17 heavy (non-hydrogen) atoms. The van der Waals surface area contributed by atoms with E-state index in [2.05, 4.69) is 34.3 Å². The first-order valence-corrected chi connectivity index (χ1v) is 6.75. The van der Waals surface area contributed by atoms with Crippen LogP contribution in [0.3, 0.4) is 0 Å². The van der Waals surface area contributed by atoms with Crippen molar-refractivity contribution in [3.05, 3.63) is 24.4 Å². The minimum Gasteiger partial charge on any atom is -0.357 e. The van der Waals surface area contributed by atoms with Crippen LogP contribution in [0.15, 0.2) is 24.4 Å². The van der Waals surface area contributed by atoms with E-state index in [9.17, 15) is 0 Å². The molecule has 0 spiro atoms. The maximum atomic E-state index is 4.42. The number of piperidine rings is 1. The maximum absolute atomic E-state index is 4.42. The molecule has 3 heteroatoms. The van der Waals surface area contributed by atoms with Crippen molar-refractivity contribution < 1.29 is 0 Å². The minimum atomic E-state index is 0.727. The molecule has 1 aromatic heterocycles. The molecule has 2 aliphatic rings. The van der Waals surface area contributed by atoms with Crippen LogP contribution in [-0.2, 0) is 0 Å². The summed E-state index contributed by atoms with van der Waals surface area (Å²) in [4.78, 5) is 6.82. The third kappa shape index (κ3) is 2.60. The number of nitrogens with one attached hydrogen (secondary N) is 1. The Bertz CT molecular complexity index is 357. The third-order valence-electron chi connectivity index (χ3n) is 4.03. The molecule has 0 radical (unpaired) electrons. The second kappa shape index (κ2) is 4.65. The molecule has 3 rings (SSSR count). The van der Waals surface area contributed by atoms with E-state index < -0.39 is 0 Å². The molecule has 2 atom stereocenters. The lowest BCUT2D eigenvalue weighted by Gasteiger charge is -2.33. The highest BCUT2D eigenvalue weighted by atomic mass is 15.2. The van der Waals surface area contributed by atoms with Crippen molar-refractivity contribution in [1.29, 1.82) is 0 Å². The number of aromatic nitrogens is 1. The number of anilines is 1. The van der Waals surface area contributed by atoms with Gasteiger partial charge >= 0.3 is 0 Å². The first-order valence-electron chi connectivity index (χ1n) is 6.75. The van der Waals surface area contributed by atoms with E-state index in [1.165, 1.54) is 19.3 Å². The zero-order valence-corrected chi connectivity index (χ0v) is 10.5. The minimum absolute atomic E-state index is 0.727. The Kier molecular flexibility index (Phi) is 3.02. The molecule has 2 fully saturated rings. The average Bonchev–Trinajstić information content (AvgIpc) is 3.07. The Morgan fingerprint density at radius 2 is 2.06 bits per heavy atom. The highest BCUT2D eigenvalue weighted by Crippen LogP contribution is 2.30. The Hall–Kier alpha value is -1.09. The summed E-state index contributed by atoms with van der Waals surface area (Å²) in [5.41, 5.74) is 0. The fraction of sp³-hybridized carbons (Fsp3) is 0.643. The Morgan fingerprint density at radius 1 is 1.29 bits per heavy atom. The maximum Gasteiger partial charge on any atom is 0.128 e. The molecule has 1 saturated carbocycles. The first-order chi connectivity index (χ1) is 8.33. The van der Waals surface area contributed by atoms with Crippen molar-refractivity contribution in [1.82, 2.24) is 10.3 Å². The van der Waals surface area contributed by atoms with Crippen LogP contribution in [0.5, 0.6) is 0 Å². The Balaban J connectivity index is 1.50. The zero-order valence-electron chi connectivity index (χ0n) is 10.5. The van der Waals surface area contributed by atoms with E-state index in [4.69, 9.17) is 0 Å². The van der Waals surface area contributed by atoms with E-state index in [-0.39, 0.29) is 0 Å². The number of pyridine rings is 1.